The fraction of sp³-hybridized carbons (Fsp3) is 0.917. The summed E-state index contributed by atoms with van der Waals surface area (Å²) in [6.45, 7) is 6.78. The molecule has 2 nitrogen and oxygen atoms in total. The molecule has 5 heteroatoms. The van der Waals surface area contributed by atoms with Crippen molar-refractivity contribution in [3.63, 3.8) is 0 Å². The van der Waals surface area contributed by atoms with E-state index in [0.717, 1.165) is 11.7 Å². The molecule has 1 aliphatic heterocycles. The maximum atomic E-state index is 11.8. The van der Waals surface area contributed by atoms with E-state index in [0.29, 0.717) is 0 Å². The Hall–Kier alpha value is 0.387. The highest BCUT2D eigenvalue weighted by Gasteiger charge is 2.33. The first-order chi connectivity index (χ1) is 7.95. The first-order valence-electron chi connectivity index (χ1n) is 6.31. The summed E-state index contributed by atoms with van der Waals surface area (Å²) in [4.78, 5) is 11.8. The molecule has 17 heavy (non-hydrogen) atoms. The van der Waals surface area contributed by atoms with Gasteiger partial charge in [0, 0.05) is 11.0 Å². The van der Waals surface area contributed by atoms with Gasteiger partial charge < -0.3 is 4.74 Å². The van der Waals surface area contributed by atoms with Gasteiger partial charge in [-0.05, 0) is 19.3 Å². The van der Waals surface area contributed by atoms with Crippen LogP contribution in [0.1, 0.15) is 25.7 Å². The Labute approximate surface area is 114 Å². The highest BCUT2D eigenvalue weighted by atomic mass is 33.1. The molecule has 0 aliphatic carbocycles. The second kappa shape index (κ2) is 7.09. The Balaban J connectivity index is 2.35. The highest BCUT2D eigenvalue weighted by molar-refractivity contribution is 8.77. The van der Waals surface area contributed by atoms with Gasteiger partial charge >= 0.3 is 5.97 Å². The van der Waals surface area contributed by atoms with Gasteiger partial charge in [-0.15, -0.1) is 0 Å². The molecule has 1 aliphatic rings. The SMILES string of the molecule is COC(=O)C(CCCC1CCSS1)[Si](C)(C)C. The molecular formula is C12H24O2S2Si. The van der Waals surface area contributed by atoms with Crippen LogP contribution in [-0.4, -0.2) is 32.2 Å². The average molecular weight is 293 g/mol. The van der Waals surface area contributed by atoms with Crippen LogP contribution in [0.15, 0.2) is 0 Å². The van der Waals surface area contributed by atoms with Crippen molar-refractivity contribution in [2.75, 3.05) is 12.9 Å². The molecular weight excluding hydrogens is 268 g/mol. The Bertz CT molecular complexity index is 247. The zero-order valence-corrected chi connectivity index (χ0v) is 14.0. The summed E-state index contributed by atoms with van der Waals surface area (Å²) >= 11 is 0. The van der Waals surface area contributed by atoms with Crippen LogP contribution < -0.4 is 0 Å². The van der Waals surface area contributed by atoms with Crippen molar-refractivity contribution in [2.45, 2.75) is 56.1 Å². The Morgan fingerprint density at radius 2 is 2.18 bits per heavy atom. The number of methoxy groups -OCH3 is 1. The van der Waals surface area contributed by atoms with Crippen LogP contribution in [0.3, 0.4) is 0 Å². The van der Waals surface area contributed by atoms with E-state index in [1.54, 1.807) is 0 Å². The van der Waals surface area contributed by atoms with Gasteiger partial charge in [-0.3, -0.25) is 4.79 Å². The first-order valence-corrected chi connectivity index (χ1v) is 12.3. The Morgan fingerprint density at radius 1 is 1.47 bits per heavy atom. The normalized spacial score (nSPS) is 22.5. The summed E-state index contributed by atoms with van der Waals surface area (Å²) < 4.78 is 4.95. The quantitative estimate of drug-likeness (QED) is 0.416. The van der Waals surface area contributed by atoms with Crippen LogP contribution >= 0.6 is 21.6 Å². The van der Waals surface area contributed by atoms with E-state index in [1.807, 2.05) is 21.6 Å². The van der Waals surface area contributed by atoms with Gasteiger partial charge in [0.15, 0.2) is 0 Å². The van der Waals surface area contributed by atoms with Crippen molar-refractivity contribution >= 4 is 35.6 Å². The van der Waals surface area contributed by atoms with Crippen molar-refractivity contribution in [3.05, 3.63) is 0 Å². The van der Waals surface area contributed by atoms with E-state index in [1.165, 1.54) is 32.1 Å². The maximum absolute atomic E-state index is 11.8. The molecule has 0 N–H and O–H groups in total. The number of hydrogen-bond acceptors (Lipinski definition) is 4. The largest absolute Gasteiger partial charge is 0.469 e. The van der Waals surface area contributed by atoms with Crippen LogP contribution in [0.25, 0.3) is 0 Å². The smallest absolute Gasteiger partial charge is 0.305 e. The van der Waals surface area contributed by atoms with Gasteiger partial charge in [0.2, 0.25) is 0 Å². The lowest BCUT2D eigenvalue weighted by atomic mass is 10.1. The van der Waals surface area contributed by atoms with Crippen LogP contribution in [0.4, 0.5) is 0 Å². The van der Waals surface area contributed by atoms with Crippen LogP contribution in [0.2, 0.25) is 25.2 Å². The third-order valence-electron chi connectivity index (χ3n) is 3.28. The minimum Gasteiger partial charge on any atom is -0.469 e. The van der Waals surface area contributed by atoms with Crippen LogP contribution in [0.5, 0.6) is 0 Å². The van der Waals surface area contributed by atoms with Crippen molar-refractivity contribution in [3.8, 4) is 0 Å². The topological polar surface area (TPSA) is 26.3 Å². The average Bonchev–Trinajstić information content (AvgIpc) is 2.74. The van der Waals surface area contributed by atoms with Crippen LogP contribution in [-0.2, 0) is 9.53 Å². The highest BCUT2D eigenvalue weighted by Crippen LogP contribution is 2.40. The molecule has 0 aromatic heterocycles. The van der Waals surface area contributed by atoms with E-state index >= 15 is 0 Å². The summed E-state index contributed by atoms with van der Waals surface area (Å²) in [7, 11) is 4.10. The van der Waals surface area contributed by atoms with Gasteiger partial charge in [0.25, 0.3) is 0 Å². The summed E-state index contributed by atoms with van der Waals surface area (Å²) in [6.07, 6.45) is 4.78. The van der Waals surface area contributed by atoms with E-state index in [9.17, 15) is 4.79 Å². The van der Waals surface area contributed by atoms with Gasteiger partial charge in [-0.1, -0.05) is 47.6 Å². The minimum absolute atomic E-state index is 0.0117. The second-order valence-electron chi connectivity index (χ2n) is 5.70. The standard InChI is InChI=1S/C12H24O2S2Si/c1-14-12(13)11(17(2,3)4)7-5-6-10-8-9-15-16-10/h10-11H,5-9H2,1-4H3. The lowest BCUT2D eigenvalue weighted by molar-refractivity contribution is -0.140. The van der Waals surface area contributed by atoms with E-state index in [-0.39, 0.29) is 11.5 Å². The molecule has 0 spiro atoms. The molecule has 0 aromatic carbocycles. The number of carbonyl (C=O) groups is 1. The number of rotatable bonds is 6. The monoisotopic (exact) mass is 292 g/mol. The van der Waals surface area contributed by atoms with Gasteiger partial charge in [0.1, 0.15) is 0 Å². The lowest BCUT2D eigenvalue weighted by Crippen LogP contribution is -2.34. The van der Waals surface area contributed by atoms with Crippen LogP contribution in [0, 0.1) is 0 Å². The molecule has 1 rings (SSSR count). The molecule has 0 radical (unpaired) electrons. The van der Waals surface area contributed by atoms with E-state index in [4.69, 9.17) is 4.74 Å². The second-order valence-corrected chi connectivity index (χ2v) is 13.9. The zero-order valence-electron chi connectivity index (χ0n) is 11.3. The van der Waals surface area contributed by atoms with Crippen molar-refractivity contribution in [1.82, 2.24) is 0 Å². The molecule has 0 saturated carbocycles. The van der Waals surface area contributed by atoms with Gasteiger partial charge in [-0.2, -0.15) is 0 Å². The molecule has 0 amide bonds. The molecule has 100 valence electrons. The number of hydrogen-bond donors (Lipinski definition) is 0. The van der Waals surface area contributed by atoms with Crippen molar-refractivity contribution < 1.29 is 9.53 Å². The fourth-order valence-corrected chi connectivity index (χ4v) is 7.08. The summed E-state index contributed by atoms with van der Waals surface area (Å²) in [5.74, 6) is 1.31. The van der Waals surface area contributed by atoms with Crippen molar-refractivity contribution in [2.24, 2.45) is 0 Å². The molecule has 1 fully saturated rings. The van der Waals surface area contributed by atoms with E-state index in [2.05, 4.69) is 19.6 Å². The first kappa shape index (κ1) is 15.4. The zero-order chi connectivity index (χ0) is 12.9. The van der Waals surface area contributed by atoms with E-state index < -0.39 is 8.07 Å². The third kappa shape index (κ3) is 5.26. The lowest BCUT2D eigenvalue weighted by Gasteiger charge is -2.26. The molecule has 0 bridgehead atoms. The van der Waals surface area contributed by atoms with Gasteiger partial charge in [0.05, 0.1) is 20.7 Å². The summed E-state index contributed by atoms with van der Waals surface area (Å²) in [5.41, 5.74) is 0.173. The fourth-order valence-electron chi connectivity index (χ4n) is 2.16. The summed E-state index contributed by atoms with van der Waals surface area (Å²) in [6, 6.07) is 0. The third-order valence-corrected chi connectivity index (χ3v) is 8.90. The van der Waals surface area contributed by atoms with Gasteiger partial charge in [-0.25, -0.2) is 0 Å². The molecule has 0 aromatic rings. The minimum atomic E-state index is -1.43. The predicted octanol–water partition coefficient (Wildman–Crippen LogP) is 4.19. The summed E-state index contributed by atoms with van der Waals surface area (Å²) in [5, 5.41) is 0.819. The molecule has 1 saturated heterocycles. The Kier molecular flexibility index (Phi) is 6.44. The number of esters is 1. The molecule has 1 heterocycles. The number of carbonyl (C=O) groups excluding carboxylic acids is 1. The molecule has 2 atom stereocenters. The van der Waals surface area contributed by atoms with Crippen molar-refractivity contribution in [1.29, 1.82) is 0 Å². The predicted molar refractivity (Wildman–Crippen MR) is 81.4 cm³/mol. The molecule has 2 unspecified atom stereocenters. The Morgan fingerprint density at radius 3 is 2.65 bits per heavy atom. The maximum Gasteiger partial charge on any atom is 0.305 e. The number of ether oxygens (including phenoxy) is 1.